The van der Waals surface area contributed by atoms with Gasteiger partial charge in [0.25, 0.3) is 5.91 Å². The number of nitrogens with zero attached hydrogens (tertiary/aromatic N) is 1. The number of ketones is 1. The van der Waals surface area contributed by atoms with Crippen molar-refractivity contribution in [3.8, 4) is 0 Å². The van der Waals surface area contributed by atoms with Gasteiger partial charge in [0, 0.05) is 32.5 Å². The van der Waals surface area contributed by atoms with Crippen LogP contribution in [0.3, 0.4) is 0 Å². The lowest BCUT2D eigenvalue weighted by molar-refractivity contribution is -0.156. The van der Waals surface area contributed by atoms with Gasteiger partial charge in [-0.15, -0.1) is 0 Å². The molecule has 4 nitrogen and oxygen atoms in total. The van der Waals surface area contributed by atoms with Gasteiger partial charge in [-0.05, 0) is 19.8 Å². The Hall–Kier alpha value is -0.900. The largest absolute Gasteiger partial charge is 0.369 e. The second-order valence-corrected chi connectivity index (χ2v) is 4.86. The average molecular weight is 241 g/mol. The number of hydrogen-bond acceptors (Lipinski definition) is 3. The molecular weight excluding hydrogens is 218 g/mol. The van der Waals surface area contributed by atoms with Crippen molar-refractivity contribution in [2.45, 2.75) is 45.6 Å². The van der Waals surface area contributed by atoms with Crippen LogP contribution in [0.15, 0.2) is 0 Å². The molecule has 0 N–H and O–H groups in total. The molecule has 0 aliphatic carbocycles. The Balaban J connectivity index is 2.74. The highest BCUT2D eigenvalue weighted by Crippen LogP contribution is 2.23. The fourth-order valence-electron chi connectivity index (χ4n) is 2.17. The van der Waals surface area contributed by atoms with Gasteiger partial charge in [-0.2, -0.15) is 0 Å². The number of piperidine rings is 1. The molecule has 4 heteroatoms. The topological polar surface area (TPSA) is 46.6 Å². The quantitative estimate of drug-likeness (QED) is 0.751. The number of ether oxygens (including phenoxy) is 1. The predicted molar refractivity (Wildman–Crippen MR) is 65.7 cm³/mol. The van der Waals surface area contributed by atoms with Crippen molar-refractivity contribution in [1.29, 1.82) is 0 Å². The van der Waals surface area contributed by atoms with E-state index >= 15 is 0 Å². The molecule has 1 amide bonds. The maximum atomic E-state index is 12.3. The summed E-state index contributed by atoms with van der Waals surface area (Å²) in [5.74, 6) is 0.297. The Labute approximate surface area is 103 Å². The van der Waals surface area contributed by atoms with Gasteiger partial charge in [0.15, 0.2) is 0 Å². The number of methoxy groups -OCH3 is 1. The molecule has 1 saturated heterocycles. The summed E-state index contributed by atoms with van der Waals surface area (Å²) in [7, 11) is 1.56. The van der Waals surface area contributed by atoms with E-state index in [1.165, 1.54) is 0 Å². The lowest BCUT2D eigenvalue weighted by Gasteiger charge is -2.37. The number of hydrogen-bond donors (Lipinski definition) is 0. The highest BCUT2D eigenvalue weighted by molar-refractivity contribution is 5.88. The van der Waals surface area contributed by atoms with Crippen molar-refractivity contribution in [2.24, 2.45) is 5.92 Å². The van der Waals surface area contributed by atoms with Gasteiger partial charge in [0.2, 0.25) is 0 Å². The first-order valence-electron chi connectivity index (χ1n) is 6.35. The molecule has 1 rings (SSSR count). The van der Waals surface area contributed by atoms with Crippen LogP contribution < -0.4 is 0 Å². The van der Waals surface area contributed by atoms with E-state index in [-0.39, 0.29) is 17.6 Å². The molecule has 0 aromatic rings. The molecular formula is C13H23NO3. The number of rotatable bonds is 4. The van der Waals surface area contributed by atoms with Crippen molar-refractivity contribution >= 4 is 11.7 Å². The van der Waals surface area contributed by atoms with Crippen LogP contribution in [0.1, 0.15) is 40.0 Å². The SMILES string of the molecule is CCC1CN(C(=O)C(C)(CC)OC)CCC1=O. The highest BCUT2D eigenvalue weighted by atomic mass is 16.5. The van der Waals surface area contributed by atoms with Gasteiger partial charge in [-0.1, -0.05) is 13.8 Å². The van der Waals surface area contributed by atoms with Crippen molar-refractivity contribution in [2.75, 3.05) is 20.2 Å². The van der Waals surface area contributed by atoms with Crippen LogP contribution in [-0.2, 0) is 14.3 Å². The van der Waals surface area contributed by atoms with Crippen LogP contribution in [0.2, 0.25) is 0 Å². The Morgan fingerprint density at radius 1 is 1.53 bits per heavy atom. The molecule has 1 aliphatic heterocycles. The second-order valence-electron chi connectivity index (χ2n) is 4.86. The molecule has 2 unspecified atom stereocenters. The van der Waals surface area contributed by atoms with E-state index in [1.807, 2.05) is 20.8 Å². The van der Waals surface area contributed by atoms with Gasteiger partial charge < -0.3 is 9.64 Å². The minimum absolute atomic E-state index is 0.00524. The zero-order chi connectivity index (χ0) is 13.1. The number of Topliss-reactive ketones (excluding diaryl/α,β-unsaturated/α-hetero) is 1. The Bertz CT molecular complexity index is 297. The molecule has 98 valence electrons. The zero-order valence-electron chi connectivity index (χ0n) is 11.3. The monoisotopic (exact) mass is 241 g/mol. The number of carbonyl (C=O) groups excluding carboxylic acids is 2. The van der Waals surface area contributed by atoms with Gasteiger partial charge in [0.05, 0.1) is 0 Å². The molecule has 0 aromatic carbocycles. The Morgan fingerprint density at radius 2 is 2.18 bits per heavy atom. The molecule has 0 bridgehead atoms. The minimum atomic E-state index is -0.751. The lowest BCUT2D eigenvalue weighted by atomic mass is 9.92. The van der Waals surface area contributed by atoms with E-state index in [1.54, 1.807) is 12.0 Å². The summed E-state index contributed by atoms with van der Waals surface area (Å²) in [6, 6.07) is 0. The summed E-state index contributed by atoms with van der Waals surface area (Å²) in [5, 5.41) is 0. The maximum absolute atomic E-state index is 12.3. The second kappa shape index (κ2) is 5.63. The molecule has 0 spiro atoms. The molecule has 0 aromatic heterocycles. The molecule has 2 atom stereocenters. The molecule has 1 heterocycles. The fourth-order valence-corrected chi connectivity index (χ4v) is 2.17. The third-order valence-electron chi connectivity index (χ3n) is 3.88. The standard InChI is InChI=1S/C13H23NO3/c1-5-10-9-14(8-7-11(10)15)12(16)13(3,6-2)17-4/h10H,5-9H2,1-4H3. The van der Waals surface area contributed by atoms with Crippen LogP contribution in [0.4, 0.5) is 0 Å². The van der Waals surface area contributed by atoms with Crippen molar-refractivity contribution < 1.29 is 14.3 Å². The van der Waals surface area contributed by atoms with E-state index in [2.05, 4.69) is 0 Å². The lowest BCUT2D eigenvalue weighted by Crippen LogP contribution is -2.53. The smallest absolute Gasteiger partial charge is 0.254 e. The third-order valence-corrected chi connectivity index (χ3v) is 3.88. The Kier molecular flexibility index (Phi) is 4.69. The molecule has 0 saturated carbocycles. The number of amides is 1. The minimum Gasteiger partial charge on any atom is -0.369 e. The highest BCUT2D eigenvalue weighted by Gasteiger charge is 2.38. The van der Waals surface area contributed by atoms with Gasteiger partial charge in [0.1, 0.15) is 11.4 Å². The van der Waals surface area contributed by atoms with E-state index in [0.717, 1.165) is 6.42 Å². The van der Waals surface area contributed by atoms with Crippen molar-refractivity contribution in [3.63, 3.8) is 0 Å². The van der Waals surface area contributed by atoms with E-state index in [9.17, 15) is 9.59 Å². The van der Waals surface area contributed by atoms with Crippen LogP contribution >= 0.6 is 0 Å². The van der Waals surface area contributed by atoms with E-state index < -0.39 is 5.60 Å². The van der Waals surface area contributed by atoms with E-state index in [0.29, 0.717) is 25.9 Å². The fraction of sp³-hybridized carbons (Fsp3) is 0.846. The van der Waals surface area contributed by atoms with Gasteiger partial charge in [-0.25, -0.2) is 0 Å². The summed E-state index contributed by atoms with van der Waals surface area (Å²) in [5.41, 5.74) is -0.751. The van der Waals surface area contributed by atoms with E-state index in [4.69, 9.17) is 4.74 Å². The first-order valence-corrected chi connectivity index (χ1v) is 6.35. The van der Waals surface area contributed by atoms with Gasteiger partial charge >= 0.3 is 0 Å². The summed E-state index contributed by atoms with van der Waals surface area (Å²) in [6.45, 7) is 6.83. The van der Waals surface area contributed by atoms with Crippen molar-refractivity contribution in [1.82, 2.24) is 4.90 Å². The summed E-state index contributed by atoms with van der Waals surface area (Å²) in [4.78, 5) is 25.7. The van der Waals surface area contributed by atoms with Crippen LogP contribution in [-0.4, -0.2) is 42.4 Å². The molecule has 1 fully saturated rings. The van der Waals surface area contributed by atoms with Gasteiger partial charge in [-0.3, -0.25) is 9.59 Å². The van der Waals surface area contributed by atoms with Crippen LogP contribution in [0, 0.1) is 5.92 Å². The summed E-state index contributed by atoms with van der Waals surface area (Å²) in [6.07, 6.45) is 1.93. The van der Waals surface area contributed by atoms with Crippen LogP contribution in [0.25, 0.3) is 0 Å². The average Bonchev–Trinajstić information content (AvgIpc) is 2.37. The Morgan fingerprint density at radius 3 is 2.65 bits per heavy atom. The molecule has 0 radical (unpaired) electrons. The third kappa shape index (κ3) is 2.86. The first kappa shape index (κ1) is 14.2. The normalized spacial score (nSPS) is 24.6. The maximum Gasteiger partial charge on any atom is 0.254 e. The predicted octanol–water partition coefficient (Wildman–Crippen LogP) is 1.63. The zero-order valence-corrected chi connectivity index (χ0v) is 11.3. The first-order chi connectivity index (χ1) is 7.98. The summed E-state index contributed by atoms with van der Waals surface area (Å²) < 4.78 is 5.32. The number of carbonyl (C=O) groups is 2. The molecule has 17 heavy (non-hydrogen) atoms. The van der Waals surface area contributed by atoms with Crippen LogP contribution in [0.5, 0.6) is 0 Å². The summed E-state index contributed by atoms with van der Waals surface area (Å²) >= 11 is 0. The van der Waals surface area contributed by atoms with Crippen molar-refractivity contribution in [3.05, 3.63) is 0 Å². The molecule has 1 aliphatic rings. The number of likely N-dealkylation sites (tertiary alicyclic amines) is 1.